The fraction of sp³-hybridized carbons (Fsp3) is 0.412. The van der Waals surface area contributed by atoms with Crippen LogP contribution in [0.1, 0.15) is 33.7 Å². The fourth-order valence-corrected chi connectivity index (χ4v) is 3.00. The molecule has 2 aromatic rings. The molecule has 0 spiro atoms. The Bertz CT molecular complexity index is 664. The summed E-state index contributed by atoms with van der Waals surface area (Å²) in [6.07, 6.45) is 2.46. The van der Waals surface area contributed by atoms with Gasteiger partial charge in [0.05, 0.1) is 6.10 Å². The van der Waals surface area contributed by atoms with E-state index in [1.807, 2.05) is 37.4 Å². The minimum atomic E-state index is -0.368. The second-order valence-corrected chi connectivity index (χ2v) is 5.79. The zero-order valence-corrected chi connectivity index (χ0v) is 12.7. The van der Waals surface area contributed by atoms with Gasteiger partial charge in [-0.05, 0) is 24.8 Å². The van der Waals surface area contributed by atoms with Gasteiger partial charge in [0.25, 0.3) is 5.91 Å². The molecule has 0 saturated heterocycles. The number of hydrogen-bond acceptors (Lipinski definition) is 3. The molecule has 1 aliphatic carbocycles. The molecule has 0 radical (unpaired) electrons. The normalized spacial score (nSPS) is 17.1. The van der Waals surface area contributed by atoms with Gasteiger partial charge < -0.3 is 10.4 Å². The van der Waals surface area contributed by atoms with Crippen LogP contribution in [-0.4, -0.2) is 33.4 Å². The van der Waals surface area contributed by atoms with Gasteiger partial charge in [-0.15, -0.1) is 0 Å². The van der Waals surface area contributed by atoms with E-state index < -0.39 is 0 Å². The van der Waals surface area contributed by atoms with Crippen LogP contribution in [0.4, 0.5) is 0 Å². The summed E-state index contributed by atoms with van der Waals surface area (Å²) in [7, 11) is 1.86. The molecule has 3 rings (SSSR count). The van der Waals surface area contributed by atoms with Crippen molar-refractivity contribution in [3.63, 3.8) is 0 Å². The Morgan fingerprint density at radius 2 is 2.18 bits per heavy atom. The molecule has 1 heterocycles. The molecule has 2 N–H and O–H groups in total. The molecule has 0 bridgehead atoms. The molecular formula is C17H21N3O2. The third-order valence-corrected chi connectivity index (χ3v) is 4.19. The molecule has 1 aromatic carbocycles. The number of nitrogens with one attached hydrogen (secondary N) is 1. The minimum Gasteiger partial charge on any atom is -0.393 e. The van der Waals surface area contributed by atoms with Crippen LogP contribution in [0.5, 0.6) is 0 Å². The lowest BCUT2D eigenvalue weighted by molar-refractivity contribution is 0.0946. The van der Waals surface area contributed by atoms with E-state index in [-0.39, 0.29) is 12.0 Å². The summed E-state index contributed by atoms with van der Waals surface area (Å²) in [4.78, 5) is 12.4. The van der Waals surface area contributed by atoms with Crippen molar-refractivity contribution in [2.45, 2.75) is 31.8 Å². The summed E-state index contributed by atoms with van der Waals surface area (Å²) >= 11 is 0. The highest BCUT2D eigenvalue weighted by molar-refractivity contribution is 5.94. The Kier molecular flexibility index (Phi) is 4.24. The van der Waals surface area contributed by atoms with E-state index in [2.05, 4.69) is 10.4 Å². The molecular weight excluding hydrogens is 278 g/mol. The molecule has 1 unspecified atom stereocenters. The smallest absolute Gasteiger partial charge is 0.272 e. The molecule has 1 aromatic heterocycles. The Labute approximate surface area is 130 Å². The topological polar surface area (TPSA) is 67.2 Å². The van der Waals surface area contributed by atoms with Gasteiger partial charge in [-0.2, -0.15) is 5.10 Å². The minimum absolute atomic E-state index is 0.151. The largest absolute Gasteiger partial charge is 0.393 e. The summed E-state index contributed by atoms with van der Waals surface area (Å²) < 4.78 is 1.77. The number of rotatable bonds is 4. The average Bonchev–Trinajstić information content (AvgIpc) is 2.85. The van der Waals surface area contributed by atoms with Crippen molar-refractivity contribution in [1.82, 2.24) is 15.1 Å². The lowest BCUT2D eigenvalue weighted by Gasteiger charge is -2.18. The molecule has 1 aliphatic rings. The molecule has 1 atom stereocenters. The Morgan fingerprint density at radius 3 is 2.95 bits per heavy atom. The summed E-state index contributed by atoms with van der Waals surface area (Å²) in [5.74, 6) is -0.151. The van der Waals surface area contributed by atoms with Crippen LogP contribution >= 0.6 is 0 Å². The third-order valence-electron chi connectivity index (χ3n) is 4.19. The molecule has 116 valence electrons. The zero-order chi connectivity index (χ0) is 15.5. The highest BCUT2D eigenvalue weighted by Gasteiger charge is 2.27. The van der Waals surface area contributed by atoms with Crippen LogP contribution in [-0.2, 0) is 26.3 Å². The number of nitrogens with zero attached hydrogens (tertiary/aromatic N) is 2. The lowest BCUT2D eigenvalue weighted by atomic mass is 9.93. The molecule has 0 aliphatic heterocycles. The molecule has 5 heteroatoms. The summed E-state index contributed by atoms with van der Waals surface area (Å²) in [6, 6.07) is 10.1. The van der Waals surface area contributed by atoms with Gasteiger partial charge in [0.1, 0.15) is 0 Å². The molecule has 22 heavy (non-hydrogen) atoms. The Morgan fingerprint density at radius 1 is 1.41 bits per heavy atom. The second-order valence-electron chi connectivity index (χ2n) is 5.79. The van der Waals surface area contributed by atoms with Crippen LogP contribution < -0.4 is 5.32 Å². The quantitative estimate of drug-likeness (QED) is 0.892. The van der Waals surface area contributed by atoms with Gasteiger partial charge in [0.15, 0.2) is 5.69 Å². The summed E-state index contributed by atoms with van der Waals surface area (Å²) in [5.41, 5.74) is 3.63. The third kappa shape index (κ3) is 3.04. The standard InChI is InChI=1S/C17H21N3O2/c1-20-15-8-7-13(21)11-14(15)16(19-20)17(22)18-10-9-12-5-3-2-4-6-12/h2-6,13,21H,7-11H2,1H3,(H,18,22). The number of fused-ring (bicyclic) bond motifs is 1. The number of amides is 1. The van der Waals surface area contributed by atoms with Crippen molar-refractivity contribution in [3.05, 3.63) is 52.8 Å². The van der Waals surface area contributed by atoms with E-state index in [0.717, 1.165) is 30.5 Å². The van der Waals surface area contributed by atoms with Crippen LogP contribution in [0.25, 0.3) is 0 Å². The summed E-state index contributed by atoms with van der Waals surface area (Å²) in [6.45, 7) is 0.580. The van der Waals surface area contributed by atoms with Gasteiger partial charge in [-0.1, -0.05) is 30.3 Å². The first-order valence-corrected chi connectivity index (χ1v) is 7.70. The number of benzene rings is 1. The van der Waals surface area contributed by atoms with Crippen molar-refractivity contribution in [1.29, 1.82) is 0 Å². The highest BCUT2D eigenvalue weighted by Crippen LogP contribution is 2.24. The monoisotopic (exact) mass is 299 g/mol. The van der Waals surface area contributed by atoms with Crippen molar-refractivity contribution < 1.29 is 9.90 Å². The number of aromatic nitrogens is 2. The number of hydrogen-bond donors (Lipinski definition) is 2. The van der Waals surface area contributed by atoms with Crippen LogP contribution in [0, 0.1) is 0 Å². The van der Waals surface area contributed by atoms with Gasteiger partial charge in [0, 0.05) is 31.3 Å². The van der Waals surface area contributed by atoms with E-state index in [0.29, 0.717) is 18.7 Å². The van der Waals surface area contributed by atoms with E-state index in [9.17, 15) is 9.90 Å². The predicted molar refractivity (Wildman–Crippen MR) is 83.7 cm³/mol. The number of carbonyl (C=O) groups is 1. The first-order valence-electron chi connectivity index (χ1n) is 7.70. The van der Waals surface area contributed by atoms with Gasteiger partial charge in [-0.25, -0.2) is 0 Å². The maximum atomic E-state index is 12.4. The number of carbonyl (C=O) groups excluding carboxylic acids is 1. The first-order chi connectivity index (χ1) is 10.6. The van der Waals surface area contributed by atoms with Gasteiger partial charge >= 0.3 is 0 Å². The first kappa shape index (κ1) is 14.8. The van der Waals surface area contributed by atoms with E-state index in [1.165, 1.54) is 5.56 Å². The Balaban J connectivity index is 1.65. The number of aliphatic hydroxyl groups excluding tert-OH is 1. The molecule has 0 saturated carbocycles. The highest BCUT2D eigenvalue weighted by atomic mass is 16.3. The van der Waals surface area contributed by atoms with Crippen LogP contribution in [0.2, 0.25) is 0 Å². The summed E-state index contributed by atoms with van der Waals surface area (Å²) in [5, 5.41) is 17.1. The number of aliphatic hydroxyl groups is 1. The van der Waals surface area contributed by atoms with Gasteiger partial charge in [-0.3, -0.25) is 9.48 Å². The predicted octanol–water partition coefficient (Wildman–Crippen LogP) is 1.24. The Hall–Kier alpha value is -2.14. The lowest BCUT2D eigenvalue weighted by Crippen LogP contribution is -2.28. The maximum absolute atomic E-state index is 12.4. The van der Waals surface area contributed by atoms with Crippen molar-refractivity contribution in [2.24, 2.45) is 7.05 Å². The van der Waals surface area contributed by atoms with Gasteiger partial charge in [0.2, 0.25) is 0 Å². The van der Waals surface area contributed by atoms with Crippen molar-refractivity contribution in [2.75, 3.05) is 6.54 Å². The van der Waals surface area contributed by atoms with Crippen molar-refractivity contribution in [3.8, 4) is 0 Å². The maximum Gasteiger partial charge on any atom is 0.272 e. The fourth-order valence-electron chi connectivity index (χ4n) is 3.00. The number of aryl methyl sites for hydroxylation is 1. The van der Waals surface area contributed by atoms with E-state index in [4.69, 9.17) is 0 Å². The molecule has 0 fully saturated rings. The molecule has 1 amide bonds. The molecule has 5 nitrogen and oxygen atoms in total. The zero-order valence-electron chi connectivity index (χ0n) is 12.7. The SMILES string of the molecule is Cn1nc(C(=O)NCCc2ccccc2)c2c1CCC(O)C2. The van der Waals surface area contributed by atoms with Crippen LogP contribution in [0.15, 0.2) is 30.3 Å². The van der Waals surface area contributed by atoms with Crippen molar-refractivity contribution >= 4 is 5.91 Å². The second kappa shape index (κ2) is 6.32. The van der Waals surface area contributed by atoms with Crippen LogP contribution in [0.3, 0.4) is 0 Å². The van der Waals surface area contributed by atoms with E-state index in [1.54, 1.807) is 4.68 Å². The average molecular weight is 299 g/mol. The van der Waals surface area contributed by atoms with E-state index >= 15 is 0 Å².